The van der Waals surface area contributed by atoms with Crippen LogP contribution in [0.3, 0.4) is 0 Å². The van der Waals surface area contributed by atoms with E-state index in [2.05, 4.69) is 0 Å². The van der Waals surface area contributed by atoms with Crippen LogP contribution in [-0.4, -0.2) is 30.1 Å². The van der Waals surface area contributed by atoms with Crippen LogP contribution in [0.5, 0.6) is 11.5 Å². The number of halogens is 2. The molecular formula is C18H12ClFN2O5. The summed E-state index contributed by atoms with van der Waals surface area (Å²) in [5.74, 6) is -3.02. The summed E-state index contributed by atoms with van der Waals surface area (Å²) in [6.07, 6.45) is 1.16. The van der Waals surface area contributed by atoms with Gasteiger partial charge in [0.25, 0.3) is 11.8 Å². The number of ether oxygens (including phenoxy) is 1. The Morgan fingerprint density at radius 3 is 2.59 bits per heavy atom. The highest BCUT2D eigenvalue weighted by atomic mass is 35.5. The Labute approximate surface area is 157 Å². The molecule has 0 aliphatic carbocycles. The molecule has 0 aromatic heterocycles. The Morgan fingerprint density at radius 2 is 1.93 bits per heavy atom. The van der Waals surface area contributed by atoms with Gasteiger partial charge in [-0.2, -0.15) is 0 Å². The number of anilines is 1. The van der Waals surface area contributed by atoms with Crippen LogP contribution in [0.15, 0.2) is 42.0 Å². The van der Waals surface area contributed by atoms with Crippen molar-refractivity contribution in [2.45, 2.75) is 0 Å². The zero-order valence-electron chi connectivity index (χ0n) is 13.8. The lowest BCUT2D eigenvalue weighted by Gasteiger charge is -2.26. The van der Waals surface area contributed by atoms with Crippen LogP contribution in [0, 0.1) is 5.82 Å². The first-order chi connectivity index (χ1) is 12.8. The van der Waals surface area contributed by atoms with E-state index in [1.807, 2.05) is 5.32 Å². The first-order valence-corrected chi connectivity index (χ1v) is 7.93. The minimum atomic E-state index is -1.06. The monoisotopic (exact) mass is 390 g/mol. The second kappa shape index (κ2) is 7.08. The highest BCUT2D eigenvalue weighted by molar-refractivity contribution is 6.39. The van der Waals surface area contributed by atoms with Gasteiger partial charge in [0.05, 0.1) is 17.8 Å². The predicted octanol–water partition coefficient (Wildman–Crippen LogP) is 2.86. The van der Waals surface area contributed by atoms with Crippen LogP contribution >= 0.6 is 11.6 Å². The van der Waals surface area contributed by atoms with Crippen molar-refractivity contribution in [3.8, 4) is 11.5 Å². The summed E-state index contributed by atoms with van der Waals surface area (Å²) in [7, 11) is 1.30. The van der Waals surface area contributed by atoms with Crippen molar-refractivity contribution in [1.82, 2.24) is 5.32 Å². The SMILES string of the molecule is COc1cc(/C=C2\C(=O)NC(=O)N(c3ccccc3F)C2=O)cc(Cl)c1O. The van der Waals surface area contributed by atoms with Crippen molar-refractivity contribution in [3.05, 3.63) is 58.4 Å². The molecule has 1 saturated heterocycles. The van der Waals surface area contributed by atoms with Crippen molar-refractivity contribution in [2.75, 3.05) is 12.0 Å². The van der Waals surface area contributed by atoms with E-state index < -0.39 is 29.2 Å². The van der Waals surface area contributed by atoms with Gasteiger partial charge >= 0.3 is 6.03 Å². The number of nitrogens with one attached hydrogen (secondary N) is 1. The van der Waals surface area contributed by atoms with E-state index in [9.17, 15) is 23.9 Å². The predicted molar refractivity (Wildman–Crippen MR) is 95.1 cm³/mol. The Hall–Kier alpha value is -3.39. The minimum absolute atomic E-state index is 0.0278. The molecule has 2 N–H and O–H groups in total. The van der Waals surface area contributed by atoms with E-state index in [4.69, 9.17) is 16.3 Å². The standard InChI is InChI=1S/C18H12ClFN2O5/c1-27-14-8-9(7-11(19)15(14)23)6-10-16(24)21-18(26)22(17(10)25)13-5-3-2-4-12(13)20/h2-8,23H,1H3,(H,21,24,26)/b10-6+. The van der Waals surface area contributed by atoms with E-state index in [0.717, 1.165) is 12.1 Å². The third-order valence-electron chi connectivity index (χ3n) is 3.78. The first-order valence-electron chi connectivity index (χ1n) is 7.56. The van der Waals surface area contributed by atoms with Crippen molar-refractivity contribution in [1.29, 1.82) is 0 Å². The number of rotatable bonds is 3. The summed E-state index contributed by atoms with van der Waals surface area (Å²) in [6.45, 7) is 0. The average molecular weight is 391 g/mol. The number of amides is 4. The third kappa shape index (κ3) is 3.34. The maximum absolute atomic E-state index is 14.0. The highest BCUT2D eigenvalue weighted by Crippen LogP contribution is 2.36. The number of barbiturate groups is 1. The number of methoxy groups -OCH3 is 1. The van der Waals surface area contributed by atoms with E-state index in [1.165, 1.54) is 37.4 Å². The summed E-state index contributed by atoms with van der Waals surface area (Å²) in [5.41, 5.74) is -0.447. The molecule has 138 valence electrons. The molecule has 2 aromatic rings. The topological polar surface area (TPSA) is 95.9 Å². The summed E-state index contributed by atoms with van der Waals surface area (Å²) in [5, 5.41) is 11.7. The highest BCUT2D eigenvalue weighted by Gasteiger charge is 2.38. The summed E-state index contributed by atoms with van der Waals surface area (Å²) >= 11 is 5.90. The Morgan fingerprint density at radius 1 is 1.22 bits per heavy atom. The number of urea groups is 1. The molecule has 9 heteroatoms. The molecule has 0 radical (unpaired) electrons. The lowest BCUT2D eigenvalue weighted by Crippen LogP contribution is -2.54. The molecule has 2 aromatic carbocycles. The first kappa shape index (κ1) is 18.4. The molecule has 3 rings (SSSR count). The molecule has 1 aliphatic rings. The number of para-hydroxylation sites is 1. The smallest absolute Gasteiger partial charge is 0.336 e. The quantitative estimate of drug-likeness (QED) is 0.620. The zero-order valence-corrected chi connectivity index (χ0v) is 14.6. The second-order valence-electron chi connectivity index (χ2n) is 5.46. The fourth-order valence-electron chi connectivity index (χ4n) is 2.51. The van der Waals surface area contributed by atoms with E-state index in [-0.39, 0.29) is 27.8 Å². The molecule has 1 heterocycles. The molecule has 0 bridgehead atoms. The maximum atomic E-state index is 14.0. The van der Waals surface area contributed by atoms with Crippen molar-refractivity contribution in [3.63, 3.8) is 0 Å². The number of imide groups is 2. The number of carbonyl (C=O) groups is 3. The number of hydrogen-bond donors (Lipinski definition) is 2. The fraction of sp³-hybridized carbons (Fsp3) is 0.0556. The van der Waals surface area contributed by atoms with Crippen LogP contribution in [-0.2, 0) is 9.59 Å². The molecule has 4 amide bonds. The maximum Gasteiger partial charge on any atom is 0.336 e. The van der Waals surface area contributed by atoms with Gasteiger partial charge in [-0.25, -0.2) is 14.1 Å². The van der Waals surface area contributed by atoms with Crippen molar-refractivity contribution in [2.24, 2.45) is 0 Å². The number of nitrogens with zero attached hydrogens (tertiary/aromatic N) is 1. The number of phenols is 1. The zero-order chi connectivity index (χ0) is 19.7. The van der Waals surface area contributed by atoms with Gasteiger partial charge < -0.3 is 9.84 Å². The van der Waals surface area contributed by atoms with Gasteiger partial charge in [0.15, 0.2) is 11.5 Å². The normalized spacial score (nSPS) is 15.9. The van der Waals surface area contributed by atoms with Crippen LogP contribution in [0.4, 0.5) is 14.9 Å². The summed E-state index contributed by atoms with van der Waals surface area (Å²) in [6, 6.07) is 6.76. The van der Waals surface area contributed by atoms with Gasteiger partial charge in [-0.05, 0) is 35.9 Å². The summed E-state index contributed by atoms with van der Waals surface area (Å²) in [4.78, 5) is 37.4. The van der Waals surface area contributed by atoms with Gasteiger partial charge in [0.1, 0.15) is 11.4 Å². The minimum Gasteiger partial charge on any atom is -0.503 e. The van der Waals surface area contributed by atoms with Gasteiger partial charge in [0, 0.05) is 0 Å². The molecule has 0 saturated carbocycles. The average Bonchev–Trinajstić information content (AvgIpc) is 2.62. The lowest BCUT2D eigenvalue weighted by atomic mass is 10.1. The summed E-state index contributed by atoms with van der Waals surface area (Å²) < 4.78 is 19.0. The van der Waals surface area contributed by atoms with E-state index in [1.54, 1.807) is 0 Å². The van der Waals surface area contributed by atoms with Crippen LogP contribution in [0.25, 0.3) is 6.08 Å². The third-order valence-corrected chi connectivity index (χ3v) is 4.06. The van der Waals surface area contributed by atoms with E-state index >= 15 is 0 Å². The molecule has 0 spiro atoms. The molecule has 0 unspecified atom stereocenters. The fourth-order valence-corrected chi connectivity index (χ4v) is 2.73. The van der Waals surface area contributed by atoms with Crippen LogP contribution < -0.4 is 15.0 Å². The Bertz CT molecular complexity index is 1010. The van der Waals surface area contributed by atoms with Crippen molar-refractivity contribution < 1.29 is 28.6 Å². The molecule has 0 atom stereocenters. The molecular weight excluding hydrogens is 379 g/mol. The van der Waals surface area contributed by atoms with Gasteiger partial charge in [0.2, 0.25) is 0 Å². The largest absolute Gasteiger partial charge is 0.503 e. The molecule has 1 aliphatic heterocycles. The number of benzene rings is 2. The Kier molecular flexibility index (Phi) is 4.83. The van der Waals surface area contributed by atoms with E-state index in [0.29, 0.717) is 4.90 Å². The molecule has 1 fully saturated rings. The molecule has 7 nitrogen and oxygen atoms in total. The van der Waals surface area contributed by atoms with Gasteiger partial charge in [-0.3, -0.25) is 14.9 Å². The lowest BCUT2D eigenvalue weighted by molar-refractivity contribution is -0.122. The number of hydrogen-bond acceptors (Lipinski definition) is 5. The number of carbonyl (C=O) groups excluding carboxylic acids is 3. The van der Waals surface area contributed by atoms with Gasteiger partial charge in [-0.1, -0.05) is 23.7 Å². The van der Waals surface area contributed by atoms with Crippen LogP contribution in [0.2, 0.25) is 5.02 Å². The number of aromatic hydroxyl groups is 1. The van der Waals surface area contributed by atoms with Crippen molar-refractivity contribution >= 4 is 41.2 Å². The second-order valence-corrected chi connectivity index (χ2v) is 5.87. The van der Waals surface area contributed by atoms with Gasteiger partial charge in [-0.15, -0.1) is 0 Å². The number of phenolic OH excluding ortho intramolecular Hbond substituents is 1. The molecule has 27 heavy (non-hydrogen) atoms. The van der Waals surface area contributed by atoms with Crippen LogP contribution in [0.1, 0.15) is 5.56 Å². The Balaban J connectivity index is 2.08.